The molecule has 3 aromatic rings. The third kappa shape index (κ3) is 6.37. The Balaban J connectivity index is 1.86. The van der Waals surface area contributed by atoms with Crippen LogP contribution < -0.4 is 15.9 Å². The Labute approximate surface area is 236 Å². The maximum Gasteiger partial charge on any atom is 0.411 e. The quantitative estimate of drug-likeness (QED) is 0.159. The van der Waals surface area contributed by atoms with E-state index in [4.69, 9.17) is 9.47 Å². The van der Waals surface area contributed by atoms with E-state index in [0.717, 1.165) is 5.56 Å². The van der Waals surface area contributed by atoms with E-state index in [-0.39, 0.29) is 19.2 Å². The molecule has 0 saturated heterocycles. The maximum absolute atomic E-state index is 14.7. The zero-order valence-electron chi connectivity index (χ0n) is 24.1. The van der Waals surface area contributed by atoms with Crippen LogP contribution in [0.15, 0.2) is 66.7 Å². The highest BCUT2D eigenvalue weighted by molar-refractivity contribution is 7.93. The molecule has 0 unspecified atom stereocenters. The van der Waals surface area contributed by atoms with Gasteiger partial charge in [0.05, 0.1) is 11.1 Å². The summed E-state index contributed by atoms with van der Waals surface area (Å²) in [7, 11) is -3.74. The SMILES string of the molecule is CCC(C)(CC)C(=O)OCCOC(=O)Nc1c(C)cc(C)c(C(=O)P(=O)(c2ccccc2)c2ccccc2)c1C. The number of amides is 1. The van der Waals surface area contributed by atoms with Crippen molar-refractivity contribution < 1.29 is 28.4 Å². The van der Waals surface area contributed by atoms with Crippen molar-refractivity contribution in [2.75, 3.05) is 18.5 Å². The highest BCUT2D eigenvalue weighted by atomic mass is 31.2. The molecule has 0 spiro atoms. The molecule has 1 N–H and O–H groups in total. The van der Waals surface area contributed by atoms with Crippen molar-refractivity contribution in [2.45, 2.75) is 54.4 Å². The molecule has 212 valence electrons. The van der Waals surface area contributed by atoms with E-state index in [1.54, 1.807) is 68.4 Å². The maximum atomic E-state index is 14.7. The van der Waals surface area contributed by atoms with E-state index in [2.05, 4.69) is 5.32 Å². The lowest BCUT2D eigenvalue weighted by Gasteiger charge is -2.24. The topological polar surface area (TPSA) is 98.8 Å². The third-order valence-electron chi connectivity index (χ3n) is 7.54. The van der Waals surface area contributed by atoms with Gasteiger partial charge in [0, 0.05) is 16.2 Å². The molecule has 3 rings (SSSR count). The summed E-state index contributed by atoms with van der Waals surface area (Å²) in [5.41, 5.74) is 1.52. The normalized spacial score (nSPS) is 11.6. The first-order valence-corrected chi connectivity index (χ1v) is 15.2. The van der Waals surface area contributed by atoms with Gasteiger partial charge in [0.25, 0.3) is 0 Å². The van der Waals surface area contributed by atoms with Gasteiger partial charge in [-0.2, -0.15) is 0 Å². The van der Waals surface area contributed by atoms with Gasteiger partial charge in [0.1, 0.15) is 13.2 Å². The zero-order valence-corrected chi connectivity index (χ0v) is 25.0. The minimum atomic E-state index is -3.74. The second kappa shape index (κ2) is 13.1. The Bertz CT molecular complexity index is 1370. The lowest BCUT2D eigenvalue weighted by molar-refractivity contribution is -0.156. The Kier molecular flexibility index (Phi) is 10.1. The lowest BCUT2D eigenvalue weighted by atomic mass is 9.85. The number of ether oxygens (including phenoxy) is 2. The van der Waals surface area contributed by atoms with Gasteiger partial charge >= 0.3 is 12.1 Å². The number of carbonyl (C=O) groups excluding carboxylic acids is 3. The number of esters is 1. The summed E-state index contributed by atoms with van der Waals surface area (Å²) in [6.45, 7) is 10.9. The van der Waals surface area contributed by atoms with Crippen molar-refractivity contribution in [3.8, 4) is 0 Å². The number of rotatable bonds is 11. The minimum absolute atomic E-state index is 0.0607. The van der Waals surface area contributed by atoms with E-state index in [1.165, 1.54) is 0 Å². The van der Waals surface area contributed by atoms with Gasteiger partial charge in [-0.25, -0.2) is 4.79 Å². The Hall–Kier alpha value is -3.70. The van der Waals surface area contributed by atoms with Crippen LogP contribution in [0.5, 0.6) is 0 Å². The molecule has 0 radical (unpaired) electrons. The monoisotopic (exact) mass is 563 g/mol. The molecular formula is C32H38NO6P. The van der Waals surface area contributed by atoms with E-state index in [0.29, 0.717) is 45.8 Å². The predicted octanol–water partition coefficient (Wildman–Crippen LogP) is 6.68. The van der Waals surface area contributed by atoms with E-state index < -0.39 is 24.2 Å². The first-order chi connectivity index (χ1) is 19.0. The molecule has 40 heavy (non-hydrogen) atoms. The molecule has 0 heterocycles. The second-order valence-corrected chi connectivity index (χ2v) is 12.8. The molecule has 3 aromatic carbocycles. The number of nitrogens with one attached hydrogen (secondary N) is 1. The number of hydrogen-bond donors (Lipinski definition) is 1. The van der Waals surface area contributed by atoms with Gasteiger partial charge in [-0.1, -0.05) is 80.6 Å². The van der Waals surface area contributed by atoms with Crippen LogP contribution in [0.4, 0.5) is 10.5 Å². The molecule has 0 aliphatic heterocycles. The highest BCUT2D eigenvalue weighted by Gasteiger charge is 2.38. The van der Waals surface area contributed by atoms with Crippen molar-refractivity contribution in [3.05, 3.63) is 89.0 Å². The average molecular weight is 564 g/mol. The molecule has 0 saturated carbocycles. The Morgan fingerprint density at radius 2 is 1.30 bits per heavy atom. The van der Waals surface area contributed by atoms with Crippen LogP contribution >= 0.6 is 7.14 Å². The lowest BCUT2D eigenvalue weighted by Crippen LogP contribution is -2.30. The number of anilines is 1. The fraction of sp³-hybridized carbons (Fsp3) is 0.344. The predicted molar refractivity (Wildman–Crippen MR) is 159 cm³/mol. The van der Waals surface area contributed by atoms with Crippen LogP contribution in [0.25, 0.3) is 0 Å². The highest BCUT2D eigenvalue weighted by Crippen LogP contribution is 2.48. The number of benzene rings is 3. The van der Waals surface area contributed by atoms with Crippen LogP contribution in [0, 0.1) is 26.2 Å². The van der Waals surface area contributed by atoms with E-state index in [9.17, 15) is 18.9 Å². The molecule has 0 fully saturated rings. The smallest absolute Gasteiger partial charge is 0.411 e. The van der Waals surface area contributed by atoms with Crippen LogP contribution in [0.2, 0.25) is 0 Å². The molecule has 0 bridgehead atoms. The fourth-order valence-corrected chi connectivity index (χ4v) is 7.25. The molecule has 1 amide bonds. The Morgan fingerprint density at radius 3 is 1.80 bits per heavy atom. The molecule has 8 heteroatoms. The summed E-state index contributed by atoms with van der Waals surface area (Å²) >= 11 is 0. The summed E-state index contributed by atoms with van der Waals surface area (Å²) < 4.78 is 25.2. The average Bonchev–Trinajstić information content (AvgIpc) is 2.97. The van der Waals surface area contributed by atoms with Crippen LogP contribution in [-0.4, -0.2) is 30.8 Å². The van der Waals surface area contributed by atoms with Crippen molar-refractivity contribution in [3.63, 3.8) is 0 Å². The number of aryl methyl sites for hydroxylation is 2. The molecule has 0 aliphatic rings. The number of hydrogen-bond acceptors (Lipinski definition) is 6. The molecule has 0 atom stereocenters. The summed E-state index contributed by atoms with van der Waals surface area (Å²) in [4.78, 5) is 39.2. The van der Waals surface area contributed by atoms with Gasteiger partial charge in [-0.3, -0.25) is 14.9 Å². The molecule has 0 aliphatic carbocycles. The Morgan fingerprint density at radius 1 is 0.800 bits per heavy atom. The second-order valence-electron chi connectivity index (χ2n) is 10.1. The van der Waals surface area contributed by atoms with Crippen LogP contribution in [0.1, 0.15) is 60.7 Å². The third-order valence-corrected chi connectivity index (χ3v) is 10.4. The van der Waals surface area contributed by atoms with Gasteiger partial charge in [-0.05, 0) is 57.2 Å². The largest absolute Gasteiger partial charge is 0.462 e. The summed E-state index contributed by atoms with van der Waals surface area (Å²) in [5, 5.41) is 3.61. The van der Waals surface area contributed by atoms with E-state index in [1.807, 2.05) is 39.8 Å². The molecule has 7 nitrogen and oxygen atoms in total. The fourth-order valence-electron chi connectivity index (χ4n) is 4.64. The molecular weight excluding hydrogens is 525 g/mol. The standard InChI is InChI=1S/C32H38NO6P/c1-7-32(6,8-2)30(35)38-19-20-39-31(36)33-28-23(4)21-22(3)27(24(28)5)29(34)40(37,25-15-11-9-12-16-25)26-17-13-10-14-18-26/h9-18,21H,7-8,19-20H2,1-6H3,(H,33,36). The van der Waals surface area contributed by atoms with Gasteiger partial charge in [-0.15, -0.1) is 0 Å². The first-order valence-electron chi connectivity index (χ1n) is 13.5. The van der Waals surface area contributed by atoms with Crippen LogP contribution in [0.3, 0.4) is 0 Å². The van der Waals surface area contributed by atoms with Gasteiger partial charge in [0.15, 0.2) is 0 Å². The summed E-state index contributed by atoms with van der Waals surface area (Å²) in [5.74, 6) is -0.323. The summed E-state index contributed by atoms with van der Waals surface area (Å²) in [6, 6.07) is 19.3. The van der Waals surface area contributed by atoms with Crippen molar-refractivity contribution >= 4 is 41.0 Å². The first kappa shape index (κ1) is 30.8. The minimum Gasteiger partial charge on any atom is -0.462 e. The summed E-state index contributed by atoms with van der Waals surface area (Å²) in [6.07, 6.45) is 0.559. The van der Waals surface area contributed by atoms with Gasteiger partial charge in [0.2, 0.25) is 12.7 Å². The van der Waals surface area contributed by atoms with Gasteiger partial charge < -0.3 is 14.0 Å². The number of carbonyl (C=O) groups is 3. The van der Waals surface area contributed by atoms with Crippen molar-refractivity contribution in [2.24, 2.45) is 5.41 Å². The van der Waals surface area contributed by atoms with E-state index >= 15 is 0 Å². The van der Waals surface area contributed by atoms with Crippen molar-refractivity contribution in [1.82, 2.24) is 0 Å². The van der Waals surface area contributed by atoms with Crippen LogP contribution in [-0.2, 0) is 18.8 Å². The molecule has 0 aromatic heterocycles. The van der Waals surface area contributed by atoms with Crippen molar-refractivity contribution in [1.29, 1.82) is 0 Å². The zero-order chi connectivity index (χ0) is 29.5.